The van der Waals surface area contributed by atoms with Crippen molar-refractivity contribution in [2.24, 2.45) is 5.92 Å². The Morgan fingerprint density at radius 2 is 2.06 bits per heavy atom. The third-order valence-corrected chi connectivity index (χ3v) is 7.08. The minimum atomic E-state index is -0.943. The van der Waals surface area contributed by atoms with Crippen LogP contribution in [0.15, 0.2) is 42.6 Å². The lowest BCUT2D eigenvalue weighted by atomic mass is 9.99. The highest BCUT2D eigenvalue weighted by Crippen LogP contribution is 2.32. The maximum absolute atomic E-state index is 13.6. The van der Waals surface area contributed by atoms with E-state index in [0.717, 1.165) is 30.4 Å². The number of aromatic nitrogens is 1. The van der Waals surface area contributed by atoms with Gasteiger partial charge in [-0.15, -0.1) is 0 Å². The fourth-order valence-electron chi connectivity index (χ4n) is 4.87. The monoisotopic (exact) mass is 493 g/mol. The van der Waals surface area contributed by atoms with Crippen molar-refractivity contribution in [2.45, 2.75) is 51.8 Å². The maximum Gasteiger partial charge on any atom is 0.335 e. The molecule has 1 aromatic heterocycles. The number of benzene rings is 1. The number of aromatic carboxylic acids is 1. The molecule has 192 valence electrons. The van der Waals surface area contributed by atoms with Crippen molar-refractivity contribution in [2.75, 3.05) is 26.7 Å². The number of pyridine rings is 1. The van der Waals surface area contributed by atoms with Crippen molar-refractivity contribution in [3.05, 3.63) is 64.9 Å². The molecule has 2 aliphatic rings. The number of rotatable bonds is 8. The number of fused-ring (bicyclic) bond motifs is 1. The number of carboxylic acid groups (broad SMARTS) is 1. The zero-order valence-corrected chi connectivity index (χ0v) is 21.2. The number of likely N-dealkylation sites (N-methyl/N-ethyl adjacent to an activating group) is 1. The van der Waals surface area contributed by atoms with E-state index in [4.69, 9.17) is 9.84 Å². The van der Waals surface area contributed by atoms with E-state index in [0.29, 0.717) is 31.1 Å². The molecule has 8 nitrogen and oxygen atoms in total. The molecule has 0 saturated heterocycles. The number of carbonyl (C=O) groups excluding carboxylic acids is 1. The van der Waals surface area contributed by atoms with Crippen LogP contribution in [0.25, 0.3) is 5.57 Å². The molecule has 36 heavy (non-hydrogen) atoms. The molecule has 2 N–H and O–H groups in total. The Kier molecular flexibility index (Phi) is 8.06. The van der Waals surface area contributed by atoms with Gasteiger partial charge in [0.15, 0.2) is 0 Å². The molecule has 0 radical (unpaired) electrons. The van der Waals surface area contributed by atoms with Crippen LogP contribution in [0.5, 0.6) is 5.88 Å². The molecule has 1 aliphatic heterocycles. The number of ether oxygens (including phenoxy) is 1. The van der Waals surface area contributed by atoms with Crippen molar-refractivity contribution >= 4 is 17.4 Å². The number of carboxylic acids is 1. The summed E-state index contributed by atoms with van der Waals surface area (Å²) in [5.41, 5.74) is 3.85. The minimum Gasteiger partial charge on any atom is -0.478 e. The Labute approximate surface area is 212 Å². The second-order valence-corrected chi connectivity index (χ2v) is 10.0. The smallest absolute Gasteiger partial charge is 0.335 e. The Hall–Kier alpha value is -3.23. The van der Waals surface area contributed by atoms with E-state index in [1.807, 2.05) is 39.1 Å². The first-order valence-electron chi connectivity index (χ1n) is 12.6. The summed E-state index contributed by atoms with van der Waals surface area (Å²) in [6, 6.07) is 8.42. The Morgan fingerprint density at radius 3 is 2.69 bits per heavy atom. The Morgan fingerprint density at radius 1 is 1.31 bits per heavy atom. The predicted octanol–water partition coefficient (Wildman–Crippen LogP) is 3.70. The van der Waals surface area contributed by atoms with Crippen molar-refractivity contribution in [1.29, 1.82) is 0 Å². The molecule has 0 saturated carbocycles. The molecule has 8 heteroatoms. The first-order chi connectivity index (χ1) is 17.3. The molecule has 1 aliphatic carbocycles. The summed E-state index contributed by atoms with van der Waals surface area (Å²) in [4.78, 5) is 33.1. The molecule has 0 bridgehead atoms. The Balaban J connectivity index is 1.58. The van der Waals surface area contributed by atoms with E-state index in [9.17, 15) is 14.7 Å². The van der Waals surface area contributed by atoms with Crippen molar-refractivity contribution in [3.63, 3.8) is 0 Å². The topological polar surface area (TPSA) is 103 Å². The summed E-state index contributed by atoms with van der Waals surface area (Å²) in [6.45, 7) is 5.45. The van der Waals surface area contributed by atoms with Gasteiger partial charge in [-0.25, -0.2) is 9.78 Å². The van der Waals surface area contributed by atoms with E-state index in [1.54, 1.807) is 23.2 Å². The van der Waals surface area contributed by atoms with Crippen LogP contribution in [-0.4, -0.2) is 75.8 Å². The molecular weight excluding hydrogens is 458 g/mol. The third kappa shape index (κ3) is 5.77. The average Bonchev–Trinajstić information content (AvgIpc) is 3.41. The lowest BCUT2D eigenvalue weighted by Crippen LogP contribution is -2.49. The number of nitrogens with zero attached hydrogens (tertiary/aromatic N) is 3. The number of amides is 1. The van der Waals surface area contributed by atoms with Crippen LogP contribution in [0.1, 0.15) is 65.0 Å². The number of aliphatic hydroxyl groups is 1. The van der Waals surface area contributed by atoms with Gasteiger partial charge in [-0.05, 0) is 68.1 Å². The summed E-state index contributed by atoms with van der Waals surface area (Å²) >= 11 is 0. The van der Waals surface area contributed by atoms with Gasteiger partial charge in [0.1, 0.15) is 11.7 Å². The largest absolute Gasteiger partial charge is 0.478 e. The second kappa shape index (κ2) is 11.2. The van der Waals surface area contributed by atoms with E-state index < -0.39 is 5.97 Å². The van der Waals surface area contributed by atoms with E-state index in [2.05, 4.69) is 16.0 Å². The van der Waals surface area contributed by atoms with Crippen molar-refractivity contribution < 1.29 is 24.5 Å². The zero-order valence-electron chi connectivity index (χ0n) is 21.2. The maximum atomic E-state index is 13.6. The number of aliphatic hydroxyl groups excluding tert-OH is 1. The highest BCUT2D eigenvalue weighted by atomic mass is 16.5. The van der Waals surface area contributed by atoms with Gasteiger partial charge in [0, 0.05) is 31.7 Å². The molecule has 3 atom stereocenters. The standard InChI is InChI=1S/C28H35N3O5/c1-18-14-31(19(2)17-32)27(33)24-12-23(21-6-4-5-7-21)13-29-26(24)36-25(18)16-30(3)15-20-8-10-22(11-9-20)28(34)35/h6,8-13,18-19,25,32H,4-5,7,14-17H2,1-3H3,(H,34,35)/t18-,19+,25-/m1/s1. The van der Waals surface area contributed by atoms with Crippen LogP contribution >= 0.6 is 0 Å². The van der Waals surface area contributed by atoms with Gasteiger partial charge < -0.3 is 19.8 Å². The molecule has 0 unspecified atom stereocenters. The SMILES string of the molecule is C[C@@H]1CN([C@@H](C)CO)C(=O)c2cc(C3=CCCC3)cnc2O[C@@H]1CN(C)Cc1ccc(C(=O)O)cc1. The summed E-state index contributed by atoms with van der Waals surface area (Å²) in [5, 5.41) is 19.0. The fourth-order valence-corrected chi connectivity index (χ4v) is 4.87. The first kappa shape index (κ1) is 25.9. The summed E-state index contributed by atoms with van der Waals surface area (Å²) < 4.78 is 6.40. The number of allylic oxidation sites excluding steroid dienone is 2. The first-order valence-corrected chi connectivity index (χ1v) is 12.6. The zero-order chi connectivity index (χ0) is 25.8. The summed E-state index contributed by atoms with van der Waals surface area (Å²) in [6.07, 6.45) is 6.88. The van der Waals surface area contributed by atoms with Crippen LogP contribution in [-0.2, 0) is 6.54 Å². The highest BCUT2D eigenvalue weighted by molar-refractivity contribution is 5.97. The van der Waals surface area contributed by atoms with Crippen molar-refractivity contribution in [3.8, 4) is 5.88 Å². The molecule has 0 fully saturated rings. The summed E-state index contributed by atoms with van der Waals surface area (Å²) in [5.74, 6) is -0.793. The Bertz CT molecular complexity index is 1130. The lowest BCUT2D eigenvalue weighted by Gasteiger charge is -2.37. The van der Waals surface area contributed by atoms with Crippen LogP contribution in [0.3, 0.4) is 0 Å². The number of carbonyl (C=O) groups is 2. The van der Waals surface area contributed by atoms with E-state index in [1.165, 1.54) is 5.57 Å². The predicted molar refractivity (Wildman–Crippen MR) is 137 cm³/mol. The van der Waals surface area contributed by atoms with Gasteiger partial charge in [-0.2, -0.15) is 0 Å². The van der Waals surface area contributed by atoms with Gasteiger partial charge in [-0.1, -0.05) is 25.1 Å². The lowest BCUT2D eigenvalue weighted by molar-refractivity contribution is 0.0325. The van der Waals surface area contributed by atoms with Crippen LogP contribution in [0.2, 0.25) is 0 Å². The number of hydrogen-bond donors (Lipinski definition) is 2. The van der Waals surface area contributed by atoms with Gasteiger partial charge in [0.2, 0.25) is 5.88 Å². The molecule has 1 amide bonds. The number of hydrogen-bond acceptors (Lipinski definition) is 6. The van der Waals surface area contributed by atoms with Crippen LogP contribution < -0.4 is 4.74 Å². The quantitative estimate of drug-likeness (QED) is 0.578. The van der Waals surface area contributed by atoms with Crippen LogP contribution in [0.4, 0.5) is 0 Å². The molecule has 2 aromatic rings. The van der Waals surface area contributed by atoms with Gasteiger partial charge in [0.05, 0.1) is 18.2 Å². The average molecular weight is 494 g/mol. The van der Waals surface area contributed by atoms with Gasteiger partial charge in [0.25, 0.3) is 5.91 Å². The van der Waals surface area contributed by atoms with E-state index in [-0.39, 0.29) is 36.1 Å². The molecule has 4 rings (SSSR count). The fraction of sp³-hybridized carbons (Fsp3) is 0.464. The molecular formula is C28H35N3O5. The highest BCUT2D eigenvalue weighted by Gasteiger charge is 2.34. The molecule has 1 aromatic carbocycles. The minimum absolute atomic E-state index is 0.00745. The summed E-state index contributed by atoms with van der Waals surface area (Å²) in [7, 11) is 1.99. The molecule has 2 heterocycles. The molecule has 0 spiro atoms. The van der Waals surface area contributed by atoms with Crippen LogP contribution in [0, 0.1) is 5.92 Å². The van der Waals surface area contributed by atoms with Gasteiger partial charge in [-0.3, -0.25) is 9.69 Å². The van der Waals surface area contributed by atoms with E-state index >= 15 is 0 Å². The second-order valence-electron chi connectivity index (χ2n) is 10.0. The third-order valence-electron chi connectivity index (χ3n) is 7.08. The normalized spacial score (nSPS) is 20.9. The van der Waals surface area contributed by atoms with Crippen molar-refractivity contribution in [1.82, 2.24) is 14.8 Å². The van der Waals surface area contributed by atoms with Gasteiger partial charge >= 0.3 is 5.97 Å².